The Bertz CT molecular complexity index is 729. The van der Waals surface area contributed by atoms with E-state index in [1.165, 1.54) is 11.3 Å². The Morgan fingerprint density at radius 3 is 2.75 bits per heavy atom. The molecule has 0 saturated heterocycles. The average molecular weight is 316 g/mol. The molecule has 0 fully saturated rings. The number of benzene rings is 1. The predicted molar refractivity (Wildman–Crippen MR) is 69.5 cm³/mol. The number of hydrogen-bond acceptors (Lipinski definition) is 5. The molecule has 1 heterocycles. The summed E-state index contributed by atoms with van der Waals surface area (Å²) >= 11 is 1.31. The zero-order chi connectivity index (χ0) is 14.8. The van der Waals surface area contributed by atoms with Crippen molar-refractivity contribution in [3.8, 4) is 0 Å². The molecule has 0 saturated carbocycles. The molecule has 9 heteroatoms. The predicted octanol–water partition coefficient (Wildman–Crippen LogP) is 1.46. The van der Waals surface area contributed by atoms with E-state index < -0.39 is 26.7 Å². The average Bonchev–Trinajstić information content (AvgIpc) is 2.89. The van der Waals surface area contributed by atoms with Gasteiger partial charge in [0.05, 0.1) is 23.3 Å². The van der Waals surface area contributed by atoms with Crippen molar-refractivity contribution in [1.29, 1.82) is 0 Å². The third kappa shape index (κ3) is 3.18. The summed E-state index contributed by atoms with van der Waals surface area (Å²) in [5.74, 6) is -2.45. The van der Waals surface area contributed by atoms with E-state index in [2.05, 4.69) is 9.71 Å². The van der Waals surface area contributed by atoms with Gasteiger partial charge < -0.3 is 5.11 Å². The maximum Gasteiger partial charge on any atom is 0.335 e. The number of hydrogen-bond donors (Lipinski definition) is 2. The van der Waals surface area contributed by atoms with E-state index in [1.54, 1.807) is 10.9 Å². The van der Waals surface area contributed by atoms with Crippen molar-refractivity contribution >= 4 is 27.3 Å². The Labute approximate surface area is 118 Å². The molecule has 0 bridgehead atoms. The van der Waals surface area contributed by atoms with Crippen LogP contribution < -0.4 is 4.72 Å². The molecule has 0 radical (unpaired) electrons. The number of carboxylic acid groups (broad SMARTS) is 1. The van der Waals surface area contributed by atoms with Gasteiger partial charge in [-0.3, -0.25) is 0 Å². The number of aromatic carboxylic acids is 1. The molecule has 2 rings (SSSR count). The van der Waals surface area contributed by atoms with E-state index in [1.807, 2.05) is 0 Å². The Hall–Kier alpha value is -1.84. The molecule has 0 aliphatic heterocycles. The van der Waals surface area contributed by atoms with Gasteiger partial charge in [-0.15, -0.1) is 11.3 Å². The fourth-order valence-corrected chi connectivity index (χ4v) is 3.04. The number of nitrogens with one attached hydrogen (secondary N) is 1. The molecule has 106 valence electrons. The first-order valence-corrected chi connectivity index (χ1v) is 7.72. The second-order valence-electron chi connectivity index (χ2n) is 3.75. The van der Waals surface area contributed by atoms with Crippen molar-refractivity contribution < 1.29 is 22.7 Å². The maximum absolute atomic E-state index is 13.7. The molecule has 0 aliphatic rings. The number of sulfonamides is 1. The summed E-state index contributed by atoms with van der Waals surface area (Å²) in [7, 11) is -4.06. The molecule has 1 aromatic heterocycles. The molecule has 20 heavy (non-hydrogen) atoms. The van der Waals surface area contributed by atoms with Crippen LogP contribution in [0, 0.1) is 5.82 Å². The van der Waals surface area contributed by atoms with E-state index in [9.17, 15) is 17.6 Å². The summed E-state index contributed by atoms with van der Waals surface area (Å²) in [5.41, 5.74) is 1.74. The lowest BCUT2D eigenvalue weighted by molar-refractivity contribution is 0.0696. The van der Waals surface area contributed by atoms with E-state index >= 15 is 0 Å². The standard InChI is InChI=1S/C11H9FN2O4S2/c12-9-3-7(11(15)16)1-2-10(9)20(17,18)14-4-8-5-19-6-13-8/h1-3,5-6,14H,4H2,(H,15,16). The van der Waals surface area contributed by atoms with Crippen LogP contribution in [0.1, 0.15) is 16.1 Å². The topological polar surface area (TPSA) is 96.4 Å². The van der Waals surface area contributed by atoms with Gasteiger partial charge in [-0.05, 0) is 18.2 Å². The van der Waals surface area contributed by atoms with Crippen LogP contribution in [0.25, 0.3) is 0 Å². The van der Waals surface area contributed by atoms with Crippen molar-refractivity contribution in [2.75, 3.05) is 0 Å². The molecule has 1 aromatic carbocycles. The third-order valence-corrected chi connectivity index (χ3v) is 4.46. The Kier molecular flexibility index (Phi) is 4.12. The molecule has 2 N–H and O–H groups in total. The normalized spacial score (nSPS) is 11.4. The second kappa shape index (κ2) is 5.65. The third-order valence-electron chi connectivity index (χ3n) is 2.40. The Morgan fingerprint density at radius 2 is 2.20 bits per heavy atom. The first kappa shape index (κ1) is 14.6. The first-order valence-electron chi connectivity index (χ1n) is 5.30. The Balaban J connectivity index is 2.23. The van der Waals surface area contributed by atoms with Gasteiger partial charge in [0, 0.05) is 5.38 Å². The van der Waals surface area contributed by atoms with Gasteiger partial charge in [-0.2, -0.15) is 0 Å². The minimum Gasteiger partial charge on any atom is -0.478 e. The van der Waals surface area contributed by atoms with Crippen molar-refractivity contribution in [3.63, 3.8) is 0 Å². The van der Waals surface area contributed by atoms with Crippen LogP contribution in [0.2, 0.25) is 0 Å². The minimum absolute atomic E-state index is 0.0635. The van der Waals surface area contributed by atoms with Crippen molar-refractivity contribution in [2.24, 2.45) is 0 Å². The summed E-state index contributed by atoms with van der Waals surface area (Å²) in [4.78, 5) is 13.9. The van der Waals surface area contributed by atoms with Crippen LogP contribution in [0.4, 0.5) is 4.39 Å². The number of carboxylic acids is 1. The number of rotatable bonds is 5. The molecule has 0 amide bonds. The van der Waals surface area contributed by atoms with Crippen LogP contribution in [-0.4, -0.2) is 24.5 Å². The number of halogens is 1. The highest BCUT2D eigenvalue weighted by molar-refractivity contribution is 7.89. The molecule has 0 unspecified atom stereocenters. The number of nitrogens with zero attached hydrogens (tertiary/aromatic N) is 1. The summed E-state index contributed by atoms with van der Waals surface area (Å²) in [5, 5.41) is 10.4. The highest BCUT2D eigenvalue weighted by Crippen LogP contribution is 2.16. The lowest BCUT2D eigenvalue weighted by atomic mass is 10.2. The quantitative estimate of drug-likeness (QED) is 0.870. The van der Waals surface area contributed by atoms with Crippen LogP contribution in [0.3, 0.4) is 0 Å². The molecular weight excluding hydrogens is 307 g/mol. The molecule has 6 nitrogen and oxygen atoms in total. The molecule has 0 aliphatic carbocycles. The van der Waals surface area contributed by atoms with Crippen LogP contribution in [0.15, 0.2) is 34.0 Å². The fourth-order valence-electron chi connectivity index (χ4n) is 1.42. The van der Waals surface area contributed by atoms with Gasteiger partial charge >= 0.3 is 5.97 Å². The van der Waals surface area contributed by atoms with Crippen molar-refractivity contribution in [2.45, 2.75) is 11.4 Å². The van der Waals surface area contributed by atoms with Crippen LogP contribution in [-0.2, 0) is 16.6 Å². The second-order valence-corrected chi connectivity index (χ2v) is 6.21. The summed E-state index contributed by atoms with van der Waals surface area (Å²) < 4.78 is 39.7. The smallest absolute Gasteiger partial charge is 0.335 e. The van der Waals surface area contributed by atoms with Gasteiger partial charge in [0.25, 0.3) is 0 Å². The summed E-state index contributed by atoms with van der Waals surface area (Å²) in [6.07, 6.45) is 0. The lowest BCUT2D eigenvalue weighted by Gasteiger charge is -2.07. The highest BCUT2D eigenvalue weighted by atomic mass is 32.2. The summed E-state index contributed by atoms with van der Waals surface area (Å²) in [6.45, 7) is -0.0635. The van der Waals surface area contributed by atoms with Gasteiger partial charge in [0.1, 0.15) is 10.7 Å². The van der Waals surface area contributed by atoms with E-state index in [0.29, 0.717) is 11.8 Å². The van der Waals surface area contributed by atoms with Crippen molar-refractivity contribution in [1.82, 2.24) is 9.71 Å². The largest absolute Gasteiger partial charge is 0.478 e. The summed E-state index contributed by atoms with van der Waals surface area (Å²) in [6, 6.07) is 2.62. The molecular formula is C11H9FN2O4S2. The number of carbonyl (C=O) groups is 1. The minimum atomic E-state index is -4.06. The van der Waals surface area contributed by atoms with Crippen LogP contribution >= 0.6 is 11.3 Å². The SMILES string of the molecule is O=C(O)c1ccc(S(=O)(=O)NCc2cscn2)c(F)c1. The van der Waals surface area contributed by atoms with Gasteiger partial charge in [-0.25, -0.2) is 27.3 Å². The molecule has 0 atom stereocenters. The zero-order valence-electron chi connectivity index (χ0n) is 9.91. The fraction of sp³-hybridized carbons (Fsp3) is 0.0909. The molecule has 2 aromatic rings. The zero-order valence-corrected chi connectivity index (χ0v) is 11.5. The highest BCUT2D eigenvalue weighted by Gasteiger charge is 2.20. The van der Waals surface area contributed by atoms with Gasteiger partial charge in [0.2, 0.25) is 10.0 Å². The number of thiazole rings is 1. The molecule has 0 spiro atoms. The van der Waals surface area contributed by atoms with E-state index in [-0.39, 0.29) is 12.1 Å². The van der Waals surface area contributed by atoms with Crippen molar-refractivity contribution in [3.05, 3.63) is 46.2 Å². The number of aromatic nitrogens is 1. The maximum atomic E-state index is 13.7. The van der Waals surface area contributed by atoms with E-state index in [0.717, 1.165) is 12.1 Å². The van der Waals surface area contributed by atoms with Gasteiger partial charge in [-0.1, -0.05) is 0 Å². The van der Waals surface area contributed by atoms with Gasteiger partial charge in [0.15, 0.2) is 0 Å². The van der Waals surface area contributed by atoms with E-state index in [4.69, 9.17) is 5.11 Å². The monoisotopic (exact) mass is 316 g/mol. The van der Waals surface area contributed by atoms with Crippen LogP contribution in [0.5, 0.6) is 0 Å². The Morgan fingerprint density at radius 1 is 1.45 bits per heavy atom. The first-order chi connectivity index (χ1) is 9.40. The lowest BCUT2D eigenvalue weighted by Crippen LogP contribution is -2.24.